The van der Waals surface area contributed by atoms with Crippen LogP contribution in [0.5, 0.6) is 11.5 Å². The van der Waals surface area contributed by atoms with Crippen LogP contribution in [0.4, 0.5) is 10.1 Å². The van der Waals surface area contributed by atoms with Gasteiger partial charge in [0.15, 0.2) is 11.0 Å². The van der Waals surface area contributed by atoms with E-state index < -0.39 is 11.7 Å². The van der Waals surface area contributed by atoms with Gasteiger partial charge in [-0.1, -0.05) is 41.6 Å². The zero-order valence-corrected chi connectivity index (χ0v) is 22.0. The number of carbonyl (C=O) groups is 2. The van der Waals surface area contributed by atoms with Crippen LogP contribution in [0.1, 0.15) is 16.2 Å². The molecule has 0 radical (unpaired) electrons. The highest BCUT2D eigenvalue weighted by Gasteiger charge is 2.21. The summed E-state index contributed by atoms with van der Waals surface area (Å²) in [5.74, 6) is -0.0970. The maximum atomic E-state index is 14.2. The number of carbonyl (C=O) groups excluding carboxylic acids is 2. The molecule has 4 aromatic rings. The van der Waals surface area contributed by atoms with Gasteiger partial charge >= 0.3 is 0 Å². The first-order valence-corrected chi connectivity index (χ1v) is 12.6. The van der Waals surface area contributed by atoms with Gasteiger partial charge in [-0.3, -0.25) is 14.2 Å². The Labute approximate surface area is 227 Å². The maximum absolute atomic E-state index is 14.2. The fraction of sp³-hybridized carbons (Fsp3) is 0.154. The van der Waals surface area contributed by atoms with E-state index in [2.05, 4.69) is 20.8 Å². The van der Waals surface area contributed by atoms with E-state index in [1.54, 1.807) is 48.1 Å². The molecular weight excluding hydrogens is 533 g/mol. The molecule has 0 aliphatic carbocycles. The summed E-state index contributed by atoms with van der Waals surface area (Å²) >= 11 is 7.18. The third-order valence-corrected chi connectivity index (χ3v) is 6.57. The molecule has 0 fully saturated rings. The van der Waals surface area contributed by atoms with Crippen molar-refractivity contribution in [1.29, 1.82) is 0 Å². The van der Waals surface area contributed by atoms with Crippen molar-refractivity contribution in [2.75, 3.05) is 25.3 Å². The van der Waals surface area contributed by atoms with Crippen LogP contribution in [0.3, 0.4) is 0 Å². The number of nitrogens with zero attached hydrogens (tertiary/aromatic N) is 3. The molecule has 3 aromatic carbocycles. The number of hydrogen-bond donors (Lipinski definition) is 2. The van der Waals surface area contributed by atoms with Crippen molar-refractivity contribution >= 4 is 40.9 Å². The van der Waals surface area contributed by atoms with Crippen LogP contribution < -0.4 is 20.1 Å². The predicted molar refractivity (Wildman–Crippen MR) is 143 cm³/mol. The lowest BCUT2D eigenvalue weighted by atomic mass is 10.2. The molecule has 2 N–H and O–H groups in total. The fourth-order valence-corrected chi connectivity index (χ4v) is 4.54. The number of para-hydroxylation sites is 2. The van der Waals surface area contributed by atoms with E-state index in [1.807, 2.05) is 12.1 Å². The Morgan fingerprint density at radius 2 is 1.76 bits per heavy atom. The summed E-state index contributed by atoms with van der Waals surface area (Å²) in [4.78, 5) is 25.3. The average Bonchev–Trinajstić information content (AvgIpc) is 3.33. The minimum atomic E-state index is -0.736. The highest BCUT2D eigenvalue weighted by Crippen LogP contribution is 2.29. The van der Waals surface area contributed by atoms with Crippen molar-refractivity contribution in [3.63, 3.8) is 0 Å². The first kappa shape index (κ1) is 27.0. The number of halogens is 2. The number of hydrogen-bond acceptors (Lipinski definition) is 7. The molecule has 12 heteroatoms. The van der Waals surface area contributed by atoms with Crippen molar-refractivity contribution in [3.05, 3.63) is 89.0 Å². The van der Waals surface area contributed by atoms with Crippen molar-refractivity contribution in [3.8, 4) is 17.2 Å². The number of benzene rings is 3. The number of anilines is 1. The molecule has 2 amide bonds. The number of aromatic nitrogens is 3. The van der Waals surface area contributed by atoms with Gasteiger partial charge < -0.3 is 20.1 Å². The molecule has 38 heavy (non-hydrogen) atoms. The van der Waals surface area contributed by atoms with E-state index in [-0.39, 0.29) is 28.8 Å². The average molecular weight is 556 g/mol. The molecule has 4 rings (SSSR count). The minimum absolute atomic E-state index is 0.00666. The van der Waals surface area contributed by atoms with Gasteiger partial charge in [-0.2, -0.15) is 0 Å². The second kappa shape index (κ2) is 12.4. The molecule has 1 aromatic heterocycles. The Morgan fingerprint density at radius 1 is 1.00 bits per heavy atom. The Balaban J connectivity index is 1.54. The van der Waals surface area contributed by atoms with E-state index in [0.717, 1.165) is 17.8 Å². The summed E-state index contributed by atoms with van der Waals surface area (Å²) in [5.41, 5.74) is 0.964. The molecule has 0 saturated carbocycles. The number of rotatable bonds is 10. The molecule has 1 heterocycles. The van der Waals surface area contributed by atoms with Gasteiger partial charge in [0.2, 0.25) is 5.91 Å². The lowest BCUT2D eigenvalue weighted by Crippen LogP contribution is -2.26. The largest absolute Gasteiger partial charge is 0.497 e. The third kappa shape index (κ3) is 6.24. The molecule has 0 atom stereocenters. The highest BCUT2D eigenvalue weighted by atomic mass is 35.5. The Morgan fingerprint density at radius 3 is 2.47 bits per heavy atom. The Kier molecular flexibility index (Phi) is 8.82. The minimum Gasteiger partial charge on any atom is -0.497 e. The first-order valence-electron chi connectivity index (χ1n) is 11.3. The summed E-state index contributed by atoms with van der Waals surface area (Å²) in [6.45, 7) is -0.0901. The normalized spacial score (nSPS) is 10.6. The van der Waals surface area contributed by atoms with E-state index in [9.17, 15) is 14.0 Å². The Hall–Kier alpha value is -4.09. The van der Waals surface area contributed by atoms with Gasteiger partial charge in [-0.15, -0.1) is 10.2 Å². The zero-order chi connectivity index (χ0) is 27.1. The van der Waals surface area contributed by atoms with Gasteiger partial charge in [0.25, 0.3) is 5.91 Å². The molecule has 0 aliphatic heterocycles. The number of thioether (sulfide) groups is 1. The monoisotopic (exact) mass is 555 g/mol. The number of ether oxygens (including phenoxy) is 2. The Bertz CT molecular complexity index is 1430. The van der Waals surface area contributed by atoms with Crippen LogP contribution in [0, 0.1) is 5.82 Å². The number of nitrogens with one attached hydrogen (secondary N) is 2. The van der Waals surface area contributed by atoms with Crippen molar-refractivity contribution < 1.29 is 23.5 Å². The SMILES string of the molecule is COc1ccc(NC(=O)CSc2nnc(CNC(=O)c3c(F)cccc3Cl)n2-c2ccccc2OC)cc1. The summed E-state index contributed by atoms with van der Waals surface area (Å²) < 4.78 is 26.5. The topological polar surface area (TPSA) is 107 Å². The standard InChI is InChI=1S/C26H23ClFN5O4S/c1-36-17-12-10-16(11-13-17)30-23(34)15-38-26-32-31-22(33(26)20-8-3-4-9-21(20)37-2)14-29-25(35)24-18(27)6-5-7-19(24)28/h3-13H,14-15H2,1-2H3,(H,29,35)(H,30,34). The maximum Gasteiger partial charge on any atom is 0.256 e. The smallest absolute Gasteiger partial charge is 0.256 e. The lowest BCUT2D eigenvalue weighted by Gasteiger charge is -2.14. The summed E-state index contributed by atoms with van der Waals surface area (Å²) in [5, 5.41) is 14.3. The third-order valence-electron chi connectivity index (χ3n) is 5.33. The molecule has 0 bridgehead atoms. The van der Waals surface area contributed by atoms with Crippen LogP contribution in [-0.4, -0.2) is 46.6 Å². The van der Waals surface area contributed by atoms with Crippen molar-refractivity contribution in [2.45, 2.75) is 11.7 Å². The molecule has 196 valence electrons. The van der Waals surface area contributed by atoms with Crippen molar-refractivity contribution in [2.24, 2.45) is 0 Å². The fourth-order valence-electron chi connectivity index (χ4n) is 3.53. The van der Waals surface area contributed by atoms with Gasteiger partial charge in [-0.05, 0) is 48.5 Å². The quantitative estimate of drug-likeness (QED) is 0.272. The molecular formula is C26H23ClFN5O4S. The molecule has 0 aliphatic rings. The number of methoxy groups -OCH3 is 2. The second-order valence-electron chi connectivity index (χ2n) is 7.75. The van der Waals surface area contributed by atoms with Crippen molar-refractivity contribution in [1.82, 2.24) is 20.1 Å². The van der Waals surface area contributed by atoms with E-state index in [4.69, 9.17) is 21.1 Å². The van der Waals surface area contributed by atoms with Crippen LogP contribution in [0.15, 0.2) is 71.9 Å². The summed E-state index contributed by atoms with van der Waals surface area (Å²) in [6.07, 6.45) is 0. The molecule has 9 nitrogen and oxygen atoms in total. The predicted octanol–water partition coefficient (Wildman–Crippen LogP) is 4.74. The van der Waals surface area contributed by atoms with Crippen LogP contribution in [0.2, 0.25) is 5.02 Å². The lowest BCUT2D eigenvalue weighted by molar-refractivity contribution is -0.113. The zero-order valence-electron chi connectivity index (χ0n) is 20.4. The van der Waals surface area contributed by atoms with Gasteiger partial charge in [0, 0.05) is 5.69 Å². The summed E-state index contributed by atoms with van der Waals surface area (Å²) in [7, 11) is 3.09. The van der Waals surface area contributed by atoms with Crippen LogP contribution in [0.25, 0.3) is 5.69 Å². The van der Waals surface area contributed by atoms with Gasteiger partial charge in [-0.25, -0.2) is 4.39 Å². The number of amides is 2. The first-order chi connectivity index (χ1) is 18.4. The van der Waals surface area contributed by atoms with E-state index in [0.29, 0.717) is 33.9 Å². The van der Waals surface area contributed by atoms with Crippen LogP contribution >= 0.6 is 23.4 Å². The molecule has 0 unspecified atom stereocenters. The molecule has 0 spiro atoms. The van der Waals surface area contributed by atoms with E-state index >= 15 is 0 Å². The summed E-state index contributed by atoms with van der Waals surface area (Å²) in [6, 6.07) is 18.2. The van der Waals surface area contributed by atoms with Crippen LogP contribution in [-0.2, 0) is 11.3 Å². The second-order valence-corrected chi connectivity index (χ2v) is 9.10. The van der Waals surface area contributed by atoms with E-state index in [1.165, 1.54) is 19.2 Å². The molecule has 0 saturated heterocycles. The van der Waals surface area contributed by atoms with Gasteiger partial charge in [0.1, 0.15) is 17.3 Å². The highest BCUT2D eigenvalue weighted by molar-refractivity contribution is 7.99. The van der Waals surface area contributed by atoms with Gasteiger partial charge in [0.05, 0.1) is 42.8 Å².